The SMILES string of the molecule is Cc1ccc(S(=O)(=O)OCCOCCCOCc2ccccc2)cc1. The van der Waals surface area contributed by atoms with Crippen LogP contribution in [-0.2, 0) is 30.4 Å². The Hall–Kier alpha value is -1.73. The van der Waals surface area contributed by atoms with Gasteiger partial charge in [0.15, 0.2) is 0 Å². The molecule has 0 saturated heterocycles. The average molecular weight is 364 g/mol. The molecule has 0 heterocycles. The van der Waals surface area contributed by atoms with Gasteiger partial charge < -0.3 is 9.47 Å². The van der Waals surface area contributed by atoms with Crippen LogP contribution in [0, 0.1) is 6.92 Å². The van der Waals surface area contributed by atoms with Gasteiger partial charge in [0.25, 0.3) is 10.1 Å². The van der Waals surface area contributed by atoms with Crippen LogP contribution in [0.1, 0.15) is 17.5 Å². The van der Waals surface area contributed by atoms with Gasteiger partial charge in [0.2, 0.25) is 0 Å². The van der Waals surface area contributed by atoms with Crippen molar-refractivity contribution in [1.29, 1.82) is 0 Å². The first-order valence-electron chi connectivity index (χ1n) is 8.23. The highest BCUT2D eigenvalue weighted by Gasteiger charge is 2.14. The lowest BCUT2D eigenvalue weighted by Gasteiger charge is -2.07. The van der Waals surface area contributed by atoms with E-state index in [1.54, 1.807) is 12.1 Å². The summed E-state index contributed by atoms with van der Waals surface area (Å²) in [4.78, 5) is 0.160. The predicted molar refractivity (Wildman–Crippen MR) is 95.9 cm³/mol. The first-order valence-corrected chi connectivity index (χ1v) is 9.64. The average Bonchev–Trinajstić information content (AvgIpc) is 2.61. The summed E-state index contributed by atoms with van der Waals surface area (Å²) in [5.74, 6) is 0. The molecule has 5 nitrogen and oxygen atoms in total. The van der Waals surface area contributed by atoms with Crippen molar-refractivity contribution in [3.05, 3.63) is 65.7 Å². The Morgan fingerprint density at radius 1 is 0.800 bits per heavy atom. The zero-order valence-electron chi connectivity index (χ0n) is 14.4. The van der Waals surface area contributed by atoms with E-state index < -0.39 is 10.1 Å². The van der Waals surface area contributed by atoms with E-state index in [1.165, 1.54) is 12.1 Å². The normalized spacial score (nSPS) is 11.6. The Morgan fingerprint density at radius 3 is 2.20 bits per heavy atom. The molecule has 0 saturated carbocycles. The molecule has 0 fully saturated rings. The Balaban J connectivity index is 1.52. The topological polar surface area (TPSA) is 61.8 Å². The van der Waals surface area contributed by atoms with Crippen molar-refractivity contribution in [2.24, 2.45) is 0 Å². The fourth-order valence-corrected chi connectivity index (χ4v) is 3.00. The minimum atomic E-state index is -3.71. The van der Waals surface area contributed by atoms with Gasteiger partial charge >= 0.3 is 0 Å². The third kappa shape index (κ3) is 7.36. The molecule has 0 atom stereocenters. The fourth-order valence-electron chi connectivity index (χ4n) is 2.10. The molecule has 2 rings (SSSR count). The second kappa shape index (κ2) is 10.3. The van der Waals surface area contributed by atoms with Gasteiger partial charge in [0, 0.05) is 13.2 Å². The summed E-state index contributed by atoms with van der Waals surface area (Å²) in [7, 11) is -3.71. The molecule has 0 aliphatic carbocycles. The molecule has 0 amide bonds. The highest BCUT2D eigenvalue weighted by Crippen LogP contribution is 2.12. The highest BCUT2D eigenvalue weighted by molar-refractivity contribution is 7.86. The number of aryl methyl sites for hydroxylation is 1. The maximum absolute atomic E-state index is 12.0. The van der Waals surface area contributed by atoms with Crippen LogP contribution in [-0.4, -0.2) is 34.8 Å². The van der Waals surface area contributed by atoms with E-state index in [4.69, 9.17) is 13.7 Å². The van der Waals surface area contributed by atoms with Crippen LogP contribution < -0.4 is 0 Å². The lowest BCUT2D eigenvalue weighted by atomic mass is 10.2. The standard InChI is InChI=1S/C19H24O5S/c1-17-8-10-19(11-9-17)25(20,21)24-15-14-22-12-5-13-23-16-18-6-3-2-4-7-18/h2-4,6-11H,5,12-16H2,1H3. The second-order valence-corrected chi connectivity index (χ2v) is 7.21. The molecule has 0 unspecified atom stereocenters. The van der Waals surface area contributed by atoms with Crippen molar-refractivity contribution >= 4 is 10.1 Å². The molecule has 0 bridgehead atoms. The summed E-state index contributed by atoms with van der Waals surface area (Å²) in [5.41, 5.74) is 2.13. The van der Waals surface area contributed by atoms with Crippen molar-refractivity contribution in [1.82, 2.24) is 0 Å². The van der Waals surface area contributed by atoms with Crippen LogP contribution in [0.4, 0.5) is 0 Å². The largest absolute Gasteiger partial charge is 0.379 e. The molecule has 0 aromatic heterocycles. The number of hydrogen-bond acceptors (Lipinski definition) is 5. The Bertz CT molecular complexity index is 711. The number of rotatable bonds is 11. The lowest BCUT2D eigenvalue weighted by molar-refractivity contribution is 0.0641. The van der Waals surface area contributed by atoms with Crippen molar-refractivity contribution in [2.45, 2.75) is 24.8 Å². The second-order valence-electron chi connectivity index (χ2n) is 5.59. The van der Waals surface area contributed by atoms with Gasteiger partial charge in [0.05, 0.1) is 24.7 Å². The summed E-state index contributed by atoms with van der Waals surface area (Å²) >= 11 is 0. The summed E-state index contributed by atoms with van der Waals surface area (Å²) in [6, 6.07) is 16.5. The minimum Gasteiger partial charge on any atom is -0.379 e. The first kappa shape index (κ1) is 19.6. The summed E-state index contributed by atoms with van der Waals surface area (Å²) in [5, 5.41) is 0. The first-order chi connectivity index (χ1) is 12.1. The van der Waals surface area contributed by atoms with Crippen molar-refractivity contribution in [3.8, 4) is 0 Å². The molecule has 136 valence electrons. The van der Waals surface area contributed by atoms with E-state index in [-0.39, 0.29) is 18.1 Å². The summed E-state index contributed by atoms with van der Waals surface area (Å²) < 4.78 is 39.8. The number of hydrogen-bond donors (Lipinski definition) is 0. The van der Waals surface area contributed by atoms with Crippen LogP contribution in [0.2, 0.25) is 0 Å². The van der Waals surface area contributed by atoms with E-state index in [0.717, 1.165) is 17.5 Å². The van der Waals surface area contributed by atoms with Crippen LogP contribution in [0.25, 0.3) is 0 Å². The molecule has 0 aliphatic rings. The van der Waals surface area contributed by atoms with E-state index >= 15 is 0 Å². The van der Waals surface area contributed by atoms with Crippen molar-refractivity contribution < 1.29 is 22.1 Å². The zero-order valence-corrected chi connectivity index (χ0v) is 15.2. The number of ether oxygens (including phenoxy) is 2. The molecule has 25 heavy (non-hydrogen) atoms. The molecule has 2 aromatic carbocycles. The van der Waals surface area contributed by atoms with E-state index in [9.17, 15) is 8.42 Å². The molecule has 0 radical (unpaired) electrons. The van der Waals surface area contributed by atoms with Crippen LogP contribution in [0.15, 0.2) is 59.5 Å². The minimum absolute atomic E-state index is 0.00107. The molecule has 0 aliphatic heterocycles. The third-order valence-corrected chi connectivity index (χ3v) is 4.79. The molecule has 0 N–H and O–H groups in total. The van der Waals surface area contributed by atoms with Crippen LogP contribution >= 0.6 is 0 Å². The Morgan fingerprint density at radius 2 is 1.48 bits per heavy atom. The van der Waals surface area contributed by atoms with Crippen LogP contribution in [0.3, 0.4) is 0 Å². The van der Waals surface area contributed by atoms with Gasteiger partial charge in [-0.25, -0.2) is 0 Å². The molecular weight excluding hydrogens is 340 g/mol. The zero-order chi connectivity index (χ0) is 18.0. The quantitative estimate of drug-likeness (QED) is 0.452. The molecule has 6 heteroatoms. The van der Waals surface area contributed by atoms with Gasteiger partial charge in [-0.1, -0.05) is 48.0 Å². The van der Waals surface area contributed by atoms with Crippen molar-refractivity contribution in [3.63, 3.8) is 0 Å². The maximum Gasteiger partial charge on any atom is 0.297 e. The van der Waals surface area contributed by atoms with E-state index in [0.29, 0.717) is 19.8 Å². The van der Waals surface area contributed by atoms with E-state index in [2.05, 4.69) is 0 Å². The van der Waals surface area contributed by atoms with Gasteiger partial charge in [-0.2, -0.15) is 8.42 Å². The highest BCUT2D eigenvalue weighted by atomic mass is 32.2. The predicted octanol–water partition coefficient (Wildman–Crippen LogP) is 3.32. The van der Waals surface area contributed by atoms with Gasteiger partial charge in [-0.15, -0.1) is 0 Å². The summed E-state index contributed by atoms with van der Waals surface area (Å²) in [6.45, 7) is 3.80. The number of benzene rings is 2. The molecular formula is C19H24O5S. The van der Waals surface area contributed by atoms with Gasteiger partial charge in [0.1, 0.15) is 0 Å². The smallest absolute Gasteiger partial charge is 0.297 e. The fraction of sp³-hybridized carbons (Fsp3) is 0.368. The Kier molecular flexibility index (Phi) is 8.08. The van der Waals surface area contributed by atoms with Gasteiger partial charge in [-0.3, -0.25) is 4.18 Å². The van der Waals surface area contributed by atoms with Crippen molar-refractivity contribution in [2.75, 3.05) is 26.4 Å². The maximum atomic E-state index is 12.0. The molecule has 2 aromatic rings. The molecule has 0 spiro atoms. The Labute approximate surface area is 149 Å². The monoisotopic (exact) mass is 364 g/mol. The lowest BCUT2D eigenvalue weighted by Crippen LogP contribution is -2.12. The van der Waals surface area contributed by atoms with Crippen LogP contribution in [0.5, 0.6) is 0 Å². The third-order valence-electron chi connectivity index (χ3n) is 3.46. The van der Waals surface area contributed by atoms with Gasteiger partial charge in [-0.05, 0) is 31.0 Å². The summed E-state index contributed by atoms with van der Waals surface area (Å²) in [6.07, 6.45) is 0.748. The van der Waals surface area contributed by atoms with E-state index in [1.807, 2.05) is 37.3 Å².